The van der Waals surface area contributed by atoms with Crippen molar-refractivity contribution >= 4 is 22.1 Å². The monoisotopic (exact) mass is 227 g/mol. The summed E-state index contributed by atoms with van der Waals surface area (Å²) in [5.74, 6) is 0. The second kappa shape index (κ2) is 4.87. The zero-order chi connectivity index (χ0) is 12.3. The summed E-state index contributed by atoms with van der Waals surface area (Å²) >= 11 is 0. The molecule has 1 aromatic carbocycles. The smallest absolute Gasteiger partial charge is 0.0630 e. The molecule has 0 aliphatic rings. The van der Waals surface area contributed by atoms with Gasteiger partial charge in [-0.3, -0.25) is 4.98 Å². The van der Waals surface area contributed by atoms with Gasteiger partial charge in [-0.1, -0.05) is 17.7 Å². The molecule has 0 aliphatic heterocycles. The molecule has 17 heavy (non-hydrogen) atoms. The Balaban J connectivity index is 2.30. The number of nitrogens with one attached hydrogen (secondary N) is 1. The second-order valence-corrected chi connectivity index (χ2v) is 4.29. The molecule has 0 atom stereocenters. The number of allylic oxidation sites excluding steroid dienone is 1. The SMILES string of the molecule is CC(C)=CCNc1ccc2cnccc2c1N. The highest BCUT2D eigenvalue weighted by Gasteiger charge is 2.02. The standard InChI is InChI=1S/C14H17N3/c1-10(2)5-8-17-13-4-3-11-9-16-7-6-12(11)14(13)15/h3-7,9,17H,8,15H2,1-2H3. The summed E-state index contributed by atoms with van der Waals surface area (Å²) in [4.78, 5) is 4.08. The van der Waals surface area contributed by atoms with Gasteiger partial charge >= 0.3 is 0 Å². The second-order valence-electron chi connectivity index (χ2n) is 4.29. The van der Waals surface area contributed by atoms with E-state index in [1.54, 1.807) is 6.20 Å². The third kappa shape index (κ3) is 2.56. The first-order valence-electron chi connectivity index (χ1n) is 5.68. The van der Waals surface area contributed by atoms with Gasteiger partial charge in [0.2, 0.25) is 0 Å². The first kappa shape index (κ1) is 11.5. The lowest BCUT2D eigenvalue weighted by Gasteiger charge is -2.10. The van der Waals surface area contributed by atoms with E-state index < -0.39 is 0 Å². The van der Waals surface area contributed by atoms with Gasteiger partial charge in [0.25, 0.3) is 0 Å². The fraction of sp³-hybridized carbons (Fsp3) is 0.214. The van der Waals surface area contributed by atoms with Gasteiger partial charge < -0.3 is 11.1 Å². The molecule has 3 N–H and O–H groups in total. The van der Waals surface area contributed by atoms with E-state index in [0.717, 1.165) is 28.7 Å². The highest BCUT2D eigenvalue weighted by molar-refractivity contribution is 5.98. The van der Waals surface area contributed by atoms with Crippen LogP contribution >= 0.6 is 0 Å². The van der Waals surface area contributed by atoms with Crippen molar-refractivity contribution in [2.75, 3.05) is 17.6 Å². The first-order chi connectivity index (χ1) is 8.18. The molecule has 1 aromatic heterocycles. The van der Waals surface area contributed by atoms with Crippen LogP contribution in [-0.4, -0.2) is 11.5 Å². The molecule has 2 aromatic rings. The van der Waals surface area contributed by atoms with Crippen molar-refractivity contribution in [3.05, 3.63) is 42.2 Å². The zero-order valence-electron chi connectivity index (χ0n) is 10.2. The van der Waals surface area contributed by atoms with Crippen LogP contribution in [0.4, 0.5) is 11.4 Å². The Kier molecular flexibility index (Phi) is 3.28. The van der Waals surface area contributed by atoms with Crippen LogP contribution in [0.25, 0.3) is 10.8 Å². The van der Waals surface area contributed by atoms with Crippen molar-refractivity contribution in [3.8, 4) is 0 Å². The number of rotatable bonds is 3. The highest BCUT2D eigenvalue weighted by atomic mass is 14.9. The van der Waals surface area contributed by atoms with Crippen LogP contribution in [0.2, 0.25) is 0 Å². The Bertz CT molecular complexity index is 554. The fourth-order valence-electron chi connectivity index (χ4n) is 1.71. The molecule has 0 saturated carbocycles. The average Bonchev–Trinajstić information content (AvgIpc) is 2.32. The molecule has 0 fully saturated rings. The molecule has 0 bridgehead atoms. The number of hydrogen-bond acceptors (Lipinski definition) is 3. The molecule has 0 amide bonds. The van der Waals surface area contributed by atoms with Gasteiger partial charge in [-0.05, 0) is 26.0 Å². The number of nitrogens with two attached hydrogens (primary N) is 1. The molecule has 0 unspecified atom stereocenters. The minimum absolute atomic E-state index is 0.784. The molecule has 3 heteroatoms. The molecular formula is C14H17N3. The molecule has 88 valence electrons. The summed E-state index contributed by atoms with van der Waals surface area (Å²) in [7, 11) is 0. The summed E-state index contributed by atoms with van der Waals surface area (Å²) in [5, 5.41) is 5.43. The number of anilines is 2. The molecule has 0 saturated heterocycles. The molecular weight excluding hydrogens is 210 g/mol. The van der Waals surface area contributed by atoms with E-state index >= 15 is 0 Å². The summed E-state index contributed by atoms with van der Waals surface area (Å²) in [6, 6.07) is 5.97. The minimum Gasteiger partial charge on any atom is -0.397 e. The predicted octanol–water partition coefficient (Wildman–Crippen LogP) is 3.20. The van der Waals surface area contributed by atoms with Crippen LogP contribution < -0.4 is 11.1 Å². The maximum atomic E-state index is 6.12. The predicted molar refractivity (Wildman–Crippen MR) is 74.1 cm³/mol. The number of benzene rings is 1. The Morgan fingerprint density at radius 1 is 1.35 bits per heavy atom. The van der Waals surface area contributed by atoms with E-state index in [0.29, 0.717) is 0 Å². The van der Waals surface area contributed by atoms with Crippen LogP contribution in [0, 0.1) is 0 Å². The van der Waals surface area contributed by atoms with Crippen molar-refractivity contribution in [3.63, 3.8) is 0 Å². The van der Waals surface area contributed by atoms with E-state index in [-0.39, 0.29) is 0 Å². The van der Waals surface area contributed by atoms with Gasteiger partial charge in [-0.25, -0.2) is 0 Å². The Morgan fingerprint density at radius 2 is 2.18 bits per heavy atom. The third-order valence-electron chi connectivity index (χ3n) is 2.66. The Morgan fingerprint density at radius 3 is 2.94 bits per heavy atom. The van der Waals surface area contributed by atoms with E-state index in [1.807, 2.05) is 24.4 Å². The summed E-state index contributed by atoms with van der Waals surface area (Å²) in [6.45, 7) is 4.96. The molecule has 2 rings (SSSR count). The molecule has 3 nitrogen and oxygen atoms in total. The average molecular weight is 227 g/mol. The zero-order valence-corrected chi connectivity index (χ0v) is 10.2. The van der Waals surface area contributed by atoms with Crippen LogP contribution in [0.1, 0.15) is 13.8 Å². The van der Waals surface area contributed by atoms with Crippen LogP contribution in [-0.2, 0) is 0 Å². The van der Waals surface area contributed by atoms with Crippen LogP contribution in [0.15, 0.2) is 42.2 Å². The topological polar surface area (TPSA) is 50.9 Å². The van der Waals surface area contributed by atoms with E-state index in [1.165, 1.54) is 5.57 Å². The summed E-state index contributed by atoms with van der Waals surface area (Å²) in [5.41, 5.74) is 9.18. The quantitative estimate of drug-likeness (QED) is 0.625. The number of fused-ring (bicyclic) bond motifs is 1. The van der Waals surface area contributed by atoms with Gasteiger partial charge in [0.05, 0.1) is 11.4 Å². The van der Waals surface area contributed by atoms with Gasteiger partial charge in [0.1, 0.15) is 0 Å². The number of nitrogen functional groups attached to an aromatic ring is 1. The number of aromatic nitrogens is 1. The Hall–Kier alpha value is -2.03. The maximum absolute atomic E-state index is 6.12. The first-order valence-corrected chi connectivity index (χ1v) is 5.68. The van der Waals surface area contributed by atoms with E-state index in [9.17, 15) is 0 Å². The van der Waals surface area contributed by atoms with Crippen LogP contribution in [0.3, 0.4) is 0 Å². The molecule has 0 radical (unpaired) electrons. The molecule has 0 spiro atoms. The third-order valence-corrected chi connectivity index (χ3v) is 2.66. The lowest BCUT2D eigenvalue weighted by atomic mass is 10.1. The van der Waals surface area contributed by atoms with Crippen molar-refractivity contribution in [1.82, 2.24) is 4.98 Å². The van der Waals surface area contributed by atoms with Gasteiger partial charge in [-0.2, -0.15) is 0 Å². The van der Waals surface area contributed by atoms with Gasteiger partial charge in [0.15, 0.2) is 0 Å². The number of nitrogens with zero attached hydrogens (tertiary/aromatic N) is 1. The van der Waals surface area contributed by atoms with E-state index in [2.05, 4.69) is 30.2 Å². The highest BCUT2D eigenvalue weighted by Crippen LogP contribution is 2.27. The van der Waals surface area contributed by atoms with Crippen molar-refractivity contribution in [1.29, 1.82) is 0 Å². The van der Waals surface area contributed by atoms with Crippen LogP contribution in [0.5, 0.6) is 0 Å². The molecule has 0 aliphatic carbocycles. The maximum Gasteiger partial charge on any atom is 0.0630 e. The van der Waals surface area contributed by atoms with Gasteiger partial charge in [-0.15, -0.1) is 0 Å². The van der Waals surface area contributed by atoms with Crippen molar-refractivity contribution in [2.45, 2.75) is 13.8 Å². The van der Waals surface area contributed by atoms with Crippen molar-refractivity contribution < 1.29 is 0 Å². The largest absolute Gasteiger partial charge is 0.397 e. The fourth-order valence-corrected chi connectivity index (χ4v) is 1.71. The summed E-state index contributed by atoms with van der Waals surface area (Å²) in [6.07, 6.45) is 5.72. The molecule has 1 heterocycles. The summed E-state index contributed by atoms with van der Waals surface area (Å²) < 4.78 is 0. The normalized spacial score (nSPS) is 10.2. The number of hydrogen-bond donors (Lipinski definition) is 2. The van der Waals surface area contributed by atoms with E-state index in [4.69, 9.17) is 5.73 Å². The van der Waals surface area contributed by atoms with Crippen molar-refractivity contribution in [2.24, 2.45) is 0 Å². The Labute approximate surface area is 101 Å². The minimum atomic E-state index is 0.784. The number of pyridine rings is 1. The lowest BCUT2D eigenvalue weighted by Crippen LogP contribution is -2.02. The van der Waals surface area contributed by atoms with Gasteiger partial charge in [0, 0.05) is 29.7 Å². The lowest BCUT2D eigenvalue weighted by molar-refractivity contribution is 1.26.